The number of pyridine rings is 1. The van der Waals surface area contributed by atoms with Crippen LogP contribution in [0.15, 0.2) is 18.3 Å². The van der Waals surface area contributed by atoms with Gasteiger partial charge < -0.3 is 5.32 Å². The average Bonchev–Trinajstić information content (AvgIpc) is 2.26. The molecule has 1 rings (SSSR count). The number of hydrogen-bond acceptors (Lipinski definition) is 3. The monoisotopic (exact) mass is 221 g/mol. The van der Waals surface area contributed by atoms with Gasteiger partial charge in [0, 0.05) is 6.20 Å². The van der Waals surface area contributed by atoms with E-state index in [1.807, 2.05) is 25.3 Å². The highest BCUT2D eigenvalue weighted by molar-refractivity contribution is 6.30. The van der Waals surface area contributed by atoms with Crippen molar-refractivity contribution in [1.29, 1.82) is 5.26 Å². The molecule has 0 saturated heterocycles. The Morgan fingerprint density at radius 2 is 2.47 bits per heavy atom. The Hall–Kier alpha value is -1.37. The van der Waals surface area contributed by atoms with Crippen molar-refractivity contribution in [1.82, 2.24) is 10.3 Å². The molecule has 3 nitrogen and oxygen atoms in total. The fraction of sp³-hybridized carbons (Fsp3) is 0.273. The lowest BCUT2D eigenvalue weighted by atomic mass is 10.2. The number of hydrogen-bond donors (Lipinski definition) is 1. The number of nitriles is 1. The third-order valence-electron chi connectivity index (χ3n) is 1.85. The van der Waals surface area contributed by atoms with Crippen LogP contribution in [0.2, 0.25) is 5.15 Å². The summed E-state index contributed by atoms with van der Waals surface area (Å²) in [5.74, 6) is 0. The van der Waals surface area contributed by atoms with E-state index in [0.717, 1.165) is 18.5 Å². The minimum absolute atomic E-state index is 0.255. The molecule has 4 heteroatoms. The topological polar surface area (TPSA) is 48.7 Å². The van der Waals surface area contributed by atoms with Crippen molar-refractivity contribution < 1.29 is 0 Å². The molecule has 0 bridgehead atoms. The fourth-order valence-corrected chi connectivity index (χ4v) is 1.23. The lowest BCUT2D eigenvalue weighted by Crippen LogP contribution is -2.05. The van der Waals surface area contributed by atoms with Crippen LogP contribution in [0.25, 0.3) is 6.08 Å². The maximum atomic E-state index is 8.74. The average molecular weight is 222 g/mol. The second-order valence-electron chi connectivity index (χ2n) is 3.01. The Kier molecular flexibility index (Phi) is 4.82. The first-order valence-corrected chi connectivity index (χ1v) is 5.02. The largest absolute Gasteiger partial charge is 0.319 e. The van der Waals surface area contributed by atoms with E-state index in [-0.39, 0.29) is 5.15 Å². The van der Waals surface area contributed by atoms with E-state index in [4.69, 9.17) is 16.9 Å². The Labute approximate surface area is 94.4 Å². The number of halogens is 1. The van der Waals surface area contributed by atoms with Crippen molar-refractivity contribution in [3.63, 3.8) is 0 Å². The minimum Gasteiger partial charge on any atom is -0.319 e. The number of rotatable bonds is 4. The molecule has 0 aliphatic heterocycles. The van der Waals surface area contributed by atoms with Crippen LogP contribution in [-0.4, -0.2) is 18.6 Å². The molecule has 0 unspecified atom stereocenters. The molecule has 0 radical (unpaired) electrons. The van der Waals surface area contributed by atoms with Crippen molar-refractivity contribution in [3.05, 3.63) is 34.6 Å². The molecule has 1 N–H and O–H groups in total. The molecule has 0 fully saturated rings. The third-order valence-corrected chi connectivity index (χ3v) is 2.15. The van der Waals surface area contributed by atoms with E-state index in [2.05, 4.69) is 10.3 Å². The van der Waals surface area contributed by atoms with Gasteiger partial charge in [-0.15, -0.1) is 0 Å². The summed E-state index contributed by atoms with van der Waals surface area (Å²) in [4.78, 5) is 3.92. The maximum Gasteiger partial charge on any atom is 0.146 e. The van der Waals surface area contributed by atoms with Gasteiger partial charge in [0.2, 0.25) is 0 Å². The number of nitrogens with one attached hydrogen (secondary N) is 1. The Bertz CT molecular complexity index is 393. The van der Waals surface area contributed by atoms with Gasteiger partial charge in [0.05, 0.1) is 5.56 Å². The molecule has 0 aliphatic carbocycles. The van der Waals surface area contributed by atoms with Crippen LogP contribution in [0.4, 0.5) is 0 Å². The van der Waals surface area contributed by atoms with Crippen molar-refractivity contribution >= 4 is 17.7 Å². The summed E-state index contributed by atoms with van der Waals surface area (Å²) in [6, 6.07) is 3.72. The minimum atomic E-state index is 0.255. The molecule has 0 amide bonds. The van der Waals surface area contributed by atoms with Crippen LogP contribution in [0.5, 0.6) is 0 Å². The van der Waals surface area contributed by atoms with Gasteiger partial charge in [-0.05, 0) is 31.6 Å². The summed E-state index contributed by atoms with van der Waals surface area (Å²) < 4.78 is 0. The third kappa shape index (κ3) is 3.70. The van der Waals surface area contributed by atoms with Gasteiger partial charge in [-0.25, -0.2) is 4.98 Å². The smallest absolute Gasteiger partial charge is 0.146 e. The Balaban J connectivity index is 2.71. The van der Waals surface area contributed by atoms with Crippen LogP contribution in [0.3, 0.4) is 0 Å². The molecule has 1 aromatic heterocycles. The Morgan fingerprint density at radius 3 is 3.13 bits per heavy atom. The molecular weight excluding hydrogens is 210 g/mol. The van der Waals surface area contributed by atoms with Gasteiger partial charge in [-0.2, -0.15) is 5.26 Å². The summed E-state index contributed by atoms with van der Waals surface area (Å²) in [6.45, 7) is 0.933. The van der Waals surface area contributed by atoms with Crippen LogP contribution in [0.1, 0.15) is 17.5 Å². The normalized spacial score (nSPS) is 10.5. The van der Waals surface area contributed by atoms with Crippen LogP contribution in [-0.2, 0) is 0 Å². The summed E-state index contributed by atoms with van der Waals surface area (Å²) in [6.07, 6.45) is 6.56. The molecule has 1 aromatic rings. The highest BCUT2D eigenvalue weighted by atomic mass is 35.5. The predicted octanol–water partition coefficient (Wildman–Crippen LogP) is 2.23. The molecule has 0 spiro atoms. The summed E-state index contributed by atoms with van der Waals surface area (Å²) in [5, 5.41) is 12.0. The van der Waals surface area contributed by atoms with Crippen molar-refractivity contribution in [2.75, 3.05) is 13.6 Å². The number of nitrogens with zero attached hydrogens (tertiary/aromatic N) is 2. The summed E-state index contributed by atoms with van der Waals surface area (Å²) >= 11 is 5.71. The van der Waals surface area contributed by atoms with Gasteiger partial charge in [0.1, 0.15) is 11.2 Å². The highest BCUT2D eigenvalue weighted by Crippen LogP contribution is 2.13. The van der Waals surface area contributed by atoms with Gasteiger partial charge in [-0.3, -0.25) is 0 Å². The molecule has 1 heterocycles. The second-order valence-corrected chi connectivity index (χ2v) is 3.37. The summed E-state index contributed by atoms with van der Waals surface area (Å²) in [5.41, 5.74) is 1.31. The van der Waals surface area contributed by atoms with E-state index in [1.165, 1.54) is 0 Å². The first-order chi connectivity index (χ1) is 7.27. The second kappa shape index (κ2) is 6.18. The fourth-order valence-electron chi connectivity index (χ4n) is 1.08. The molecular formula is C11H12ClN3. The van der Waals surface area contributed by atoms with Gasteiger partial charge >= 0.3 is 0 Å². The molecule has 0 aliphatic rings. The summed E-state index contributed by atoms with van der Waals surface area (Å²) in [7, 11) is 1.91. The van der Waals surface area contributed by atoms with Crippen molar-refractivity contribution in [3.8, 4) is 6.07 Å². The van der Waals surface area contributed by atoms with Crippen molar-refractivity contribution in [2.24, 2.45) is 0 Å². The zero-order valence-electron chi connectivity index (χ0n) is 8.50. The van der Waals surface area contributed by atoms with E-state index in [9.17, 15) is 0 Å². The molecule has 0 saturated carbocycles. The number of aromatic nitrogens is 1. The van der Waals surface area contributed by atoms with Gasteiger partial charge in [0.25, 0.3) is 0 Å². The standard InChI is InChI=1S/C11H12ClN3/c1-14-5-3-2-4-9-6-10(7-13)11(12)15-8-9/h2,4,6,8,14H,3,5H2,1H3. The molecule has 15 heavy (non-hydrogen) atoms. The predicted molar refractivity (Wildman–Crippen MR) is 61.5 cm³/mol. The van der Waals surface area contributed by atoms with Crippen LogP contribution >= 0.6 is 11.6 Å². The zero-order chi connectivity index (χ0) is 11.1. The SMILES string of the molecule is CNCCC=Cc1cnc(Cl)c(C#N)c1. The van der Waals surface area contributed by atoms with Crippen molar-refractivity contribution in [2.45, 2.75) is 6.42 Å². The molecule has 78 valence electrons. The zero-order valence-corrected chi connectivity index (χ0v) is 9.25. The first kappa shape index (κ1) is 11.7. The van der Waals surface area contributed by atoms with Crippen LogP contribution < -0.4 is 5.32 Å². The van der Waals surface area contributed by atoms with Gasteiger partial charge in [-0.1, -0.05) is 23.8 Å². The lowest BCUT2D eigenvalue weighted by Gasteiger charge is -1.96. The Morgan fingerprint density at radius 1 is 1.67 bits per heavy atom. The van der Waals surface area contributed by atoms with Crippen LogP contribution in [0, 0.1) is 11.3 Å². The molecule has 0 aromatic carbocycles. The maximum absolute atomic E-state index is 8.74. The van der Waals surface area contributed by atoms with Gasteiger partial charge in [0.15, 0.2) is 0 Å². The highest BCUT2D eigenvalue weighted by Gasteiger charge is 1.99. The van der Waals surface area contributed by atoms with E-state index in [0.29, 0.717) is 5.56 Å². The lowest BCUT2D eigenvalue weighted by molar-refractivity contribution is 0.809. The molecule has 0 atom stereocenters. The van der Waals surface area contributed by atoms with E-state index in [1.54, 1.807) is 12.3 Å². The van der Waals surface area contributed by atoms with E-state index < -0.39 is 0 Å². The first-order valence-electron chi connectivity index (χ1n) is 4.64. The van der Waals surface area contributed by atoms with E-state index >= 15 is 0 Å². The quantitative estimate of drug-likeness (QED) is 0.627.